The van der Waals surface area contributed by atoms with Crippen molar-refractivity contribution in [1.82, 2.24) is 15.5 Å². The van der Waals surface area contributed by atoms with Crippen LogP contribution in [0, 0.1) is 0 Å². The van der Waals surface area contributed by atoms with Crippen molar-refractivity contribution in [3.8, 4) is 0 Å². The van der Waals surface area contributed by atoms with E-state index in [9.17, 15) is 4.79 Å². The van der Waals surface area contributed by atoms with E-state index < -0.39 is 0 Å². The molecule has 0 unspecified atom stereocenters. The van der Waals surface area contributed by atoms with Gasteiger partial charge in [0.1, 0.15) is 0 Å². The first-order valence-electron chi connectivity index (χ1n) is 8.69. The van der Waals surface area contributed by atoms with E-state index in [2.05, 4.69) is 39.8 Å². The van der Waals surface area contributed by atoms with Crippen molar-refractivity contribution in [2.75, 3.05) is 32.8 Å². The number of morpholine rings is 1. The number of hydrogen-bond donors (Lipinski definition) is 2. The van der Waals surface area contributed by atoms with Gasteiger partial charge in [-0.3, -0.25) is 9.69 Å². The fourth-order valence-corrected chi connectivity index (χ4v) is 3.19. The molecule has 23 heavy (non-hydrogen) atoms. The molecule has 2 fully saturated rings. The number of rotatable bonds is 6. The minimum Gasteiger partial charge on any atom is -0.375 e. The van der Waals surface area contributed by atoms with Gasteiger partial charge in [0.25, 0.3) is 0 Å². The Balaban J connectivity index is 1.40. The molecule has 1 atom stereocenters. The zero-order valence-electron chi connectivity index (χ0n) is 13.7. The average molecular weight is 317 g/mol. The molecule has 1 aromatic rings. The fraction of sp³-hybridized carbons (Fsp3) is 0.611. The van der Waals surface area contributed by atoms with Crippen molar-refractivity contribution in [3.05, 3.63) is 35.4 Å². The molecule has 0 radical (unpaired) electrons. The summed E-state index contributed by atoms with van der Waals surface area (Å²) < 4.78 is 5.55. The third-order valence-electron chi connectivity index (χ3n) is 4.53. The molecule has 0 spiro atoms. The van der Waals surface area contributed by atoms with Crippen LogP contribution in [0.4, 0.5) is 0 Å². The summed E-state index contributed by atoms with van der Waals surface area (Å²) in [6.07, 6.45) is 3.08. The minimum atomic E-state index is 0.00610. The van der Waals surface area contributed by atoms with Crippen LogP contribution in [-0.2, 0) is 22.6 Å². The van der Waals surface area contributed by atoms with Gasteiger partial charge in [0.2, 0.25) is 5.91 Å². The highest BCUT2D eigenvalue weighted by molar-refractivity contribution is 5.76. The third-order valence-corrected chi connectivity index (χ3v) is 4.53. The second-order valence-corrected chi connectivity index (χ2v) is 6.48. The summed E-state index contributed by atoms with van der Waals surface area (Å²) in [5, 5.41) is 6.22. The Morgan fingerprint density at radius 2 is 1.96 bits per heavy atom. The molecule has 5 heteroatoms. The van der Waals surface area contributed by atoms with Crippen LogP contribution in [0.15, 0.2) is 24.3 Å². The Bertz CT molecular complexity index is 491. The first-order chi connectivity index (χ1) is 11.3. The Morgan fingerprint density at radius 3 is 2.65 bits per heavy atom. The maximum absolute atomic E-state index is 12.0. The maximum Gasteiger partial charge on any atom is 0.222 e. The summed E-state index contributed by atoms with van der Waals surface area (Å²) in [7, 11) is 0. The Hall–Kier alpha value is -1.43. The highest BCUT2D eigenvalue weighted by Crippen LogP contribution is 2.13. The van der Waals surface area contributed by atoms with Crippen molar-refractivity contribution >= 4 is 5.91 Å². The number of carbonyl (C=O) groups excluding carboxylic acids is 1. The lowest BCUT2D eigenvalue weighted by Crippen LogP contribution is -2.41. The summed E-state index contributed by atoms with van der Waals surface area (Å²) in [4.78, 5) is 14.5. The summed E-state index contributed by atoms with van der Waals surface area (Å²) >= 11 is 0. The first-order valence-corrected chi connectivity index (χ1v) is 8.69. The van der Waals surface area contributed by atoms with Gasteiger partial charge in [0.05, 0.1) is 19.1 Å². The van der Waals surface area contributed by atoms with Crippen LogP contribution in [0.25, 0.3) is 0 Å². The normalized spacial score (nSPS) is 22.2. The molecular weight excluding hydrogens is 290 g/mol. The highest BCUT2D eigenvalue weighted by Gasteiger charge is 2.17. The lowest BCUT2D eigenvalue weighted by molar-refractivity contribution is -0.124. The summed E-state index contributed by atoms with van der Waals surface area (Å²) in [6, 6.07) is 8.58. The number of carbonyl (C=O) groups is 1. The molecule has 3 rings (SSSR count). The second kappa shape index (κ2) is 8.43. The number of hydrogen-bond acceptors (Lipinski definition) is 4. The van der Waals surface area contributed by atoms with Gasteiger partial charge in [-0.2, -0.15) is 0 Å². The number of likely N-dealkylation sites (tertiary alicyclic amines) is 1. The summed E-state index contributed by atoms with van der Waals surface area (Å²) in [6.45, 7) is 6.39. The minimum absolute atomic E-state index is 0.00610. The van der Waals surface area contributed by atoms with Gasteiger partial charge in [-0.25, -0.2) is 0 Å². The van der Waals surface area contributed by atoms with Crippen molar-refractivity contribution in [3.63, 3.8) is 0 Å². The third kappa shape index (κ3) is 5.30. The second-order valence-electron chi connectivity index (χ2n) is 6.48. The highest BCUT2D eigenvalue weighted by atomic mass is 16.5. The van der Waals surface area contributed by atoms with Gasteiger partial charge in [-0.05, 0) is 37.1 Å². The quantitative estimate of drug-likeness (QED) is 0.830. The molecule has 2 aliphatic rings. The van der Waals surface area contributed by atoms with Crippen molar-refractivity contribution < 1.29 is 9.53 Å². The lowest BCUT2D eigenvalue weighted by atomic mass is 10.1. The molecule has 2 heterocycles. The molecule has 5 nitrogen and oxygen atoms in total. The molecule has 0 aliphatic carbocycles. The van der Waals surface area contributed by atoms with E-state index in [1.165, 1.54) is 31.5 Å². The predicted molar refractivity (Wildman–Crippen MR) is 90.0 cm³/mol. The summed E-state index contributed by atoms with van der Waals surface area (Å²) in [5.41, 5.74) is 2.50. The van der Waals surface area contributed by atoms with Crippen molar-refractivity contribution in [2.24, 2.45) is 0 Å². The van der Waals surface area contributed by atoms with Crippen LogP contribution < -0.4 is 10.6 Å². The van der Waals surface area contributed by atoms with E-state index >= 15 is 0 Å². The molecule has 1 aromatic carbocycles. The average Bonchev–Trinajstić information content (AvgIpc) is 3.08. The Labute approximate surface area is 138 Å². The van der Waals surface area contributed by atoms with Crippen LogP contribution in [0.1, 0.15) is 30.4 Å². The zero-order valence-corrected chi connectivity index (χ0v) is 13.7. The maximum atomic E-state index is 12.0. The van der Waals surface area contributed by atoms with Gasteiger partial charge in [-0.1, -0.05) is 24.3 Å². The lowest BCUT2D eigenvalue weighted by Gasteiger charge is -2.23. The number of nitrogens with zero attached hydrogens (tertiary/aromatic N) is 1. The van der Waals surface area contributed by atoms with Gasteiger partial charge in [0, 0.05) is 26.2 Å². The van der Waals surface area contributed by atoms with Crippen molar-refractivity contribution in [2.45, 2.75) is 38.5 Å². The summed E-state index contributed by atoms with van der Waals surface area (Å²) in [5.74, 6) is 0.0554. The van der Waals surface area contributed by atoms with Crippen LogP contribution in [-0.4, -0.2) is 49.7 Å². The van der Waals surface area contributed by atoms with E-state index in [-0.39, 0.29) is 12.0 Å². The Morgan fingerprint density at radius 1 is 1.22 bits per heavy atom. The standard InChI is InChI=1S/C18H27N3O2/c22-18(11-17-13-19-7-10-23-17)20-12-15-3-5-16(6-4-15)14-21-8-1-2-9-21/h3-6,17,19H,1-2,7-14H2,(H,20,22)/t17-/m0/s1. The molecular formula is C18H27N3O2. The van der Waals surface area contributed by atoms with Crippen molar-refractivity contribution in [1.29, 1.82) is 0 Å². The van der Waals surface area contributed by atoms with Crippen LogP contribution in [0.2, 0.25) is 0 Å². The van der Waals surface area contributed by atoms with Crippen LogP contribution in [0.5, 0.6) is 0 Å². The SMILES string of the molecule is O=C(C[C@H]1CNCCO1)NCc1ccc(CN2CCCC2)cc1. The van der Waals surface area contributed by atoms with Crippen LogP contribution in [0.3, 0.4) is 0 Å². The van der Waals surface area contributed by atoms with Gasteiger partial charge in [0.15, 0.2) is 0 Å². The molecule has 126 valence electrons. The molecule has 0 bridgehead atoms. The topological polar surface area (TPSA) is 53.6 Å². The Kier molecular flexibility index (Phi) is 6.02. The fourth-order valence-electron chi connectivity index (χ4n) is 3.19. The zero-order chi connectivity index (χ0) is 15.9. The first kappa shape index (κ1) is 16.4. The van der Waals surface area contributed by atoms with Crippen LogP contribution >= 0.6 is 0 Å². The van der Waals surface area contributed by atoms with Gasteiger partial charge >= 0.3 is 0 Å². The number of amides is 1. The van der Waals surface area contributed by atoms with E-state index in [4.69, 9.17) is 4.74 Å². The van der Waals surface area contributed by atoms with E-state index in [1.54, 1.807) is 0 Å². The molecule has 2 aliphatic heterocycles. The number of benzene rings is 1. The predicted octanol–water partition coefficient (Wildman–Crippen LogP) is 1.28. The smallest absolute Gasteiger partial charge is 0.222 e. The molecule has 1 amide bonds. The van der Waals surface area contributed by atoms with Gasteiger partial charge < -0.3 is 15.4 Å². The number of nitrogens with one attached hydrogen (secondary N) is 2. The van der Waals surface area contributed by atoms with E-state index in [0.29, 0.717) is 19.6 Å². The van der Waals surface area contributed by atoms with Gasteiger partial charge in [-0.15, -0.1) is 0 Å². The molecule has 0 aromatic heterocycles. The molecule has 0 saturated carbocycles. The van der Waals surface area contributed by atoms with E-state index in [0.717, 1.165) is 25.2 Å². The monoisotopic (exact) mass is 317 g/mol. The van der Waals surface area contributed by atoms with E-state index in [1.807, 2.05) is 0 Å². The molecule has 2 saturated heterocycles. The largest absolute Gasteiger partial charge is 0.375 e. The number of ether oxygens (including phenoxy) is 1. The molecule has 2 N–H and O–H groups in total.